The van der Waals surface area contributed by atoms with Gasteiger partial charge in [0.25, 0.3) is 0 Å². The third kappa shape index (κ3) is 3.82. The smallest absolute Gasteiger partial charge is 0.174 e. The zero-order valence-corrected chi connectivity index (χ0v) is 14.2. The molecule has 0 aliphatic carbocycles. The molecule has 1 aliphatic rings. The lowest BCUT2D eigenvalue weighted by atomic mass is 9.88. The second-order valence-corrected chi connectivity index (χ2v) is 7.13. The zero-order chi connectivity index (χ0) is 16.3. The third-order valence-electron chi connectivity index (χ3n) is 4.41. The number of hydrogen-bond acceptors (Lipinski definition) is 3. The minimum atomic E-state index is -0.500. The van der Waals surface area contributed by atoms with Crippen LogP contribution < -0.4 is 4.74 Å². The van der Waals surface area contributed by atoms with Gasteiger partial charge in [0.05, 0.1) is 6.42 Å². The predicted octanol–water partition coefficient (Wildman–Crippen LogP) is 5.21. The highest BCUT2D eigenvalue weighted by Crippen LogP contribution is 2.40. The number of phenols is 1. The van der Waals surface area contributed by atoms with E-state index >= 15 is 0 Å². The summed E-state index contributed by atoms with van der Waals surface area (Å²) in [5.41, 5.74) is 0.902. The lowest BCUT2D eigenvalue weighted by molar-refractivity contribution is 0.0613. The number of aromatic hydroxyl groups is 1. The second-order valence-electron chi connectivity index (χ2n) is 7.13. The van der Waals surface area contributed by atoms with Crippen LogP contribution in [0.1, 0.15) is 88.1 Å². The Morgan fingerprint density at radius 2 is 2.00 bits per heavy atom. The van der Waals surface area contributed by atoms with Gasteiger partial charge >= 0.3 is 0 Å². The highest BCUT2D eigenvalue weighted by molar-refractivity contribution is 6.02. The van der Waals surface area contributed by atoms with Gasteiger partial charge in [-0.05, 0) is 43.9 Å². The molecule has 3 heteroatoms. The van der Waals surface area contributed by atoms with Crippen LogP contribution in [0.4, 0.5) is 0 Å². The van der Waals surface area contributed by atoms with Crippen molar-refractivity contribution >= 4 is 5.78 Å². The molecule has 1 aromatic carbocycles. The van der Waals surface area contributed by atoms with Crippen LogP contribution in [-0.4, -0.2) is 16.5 Å². The number of carbonyl (C=O) groups excluding carboxylic acids is 1. The number of ether oxygens (including phenoxy) is 1. The van der Waals surface area contributed by atoms with E-state index in [9.17, 15) is 9.90 Å². The van der Waals surface area contributed by atoms with Crippen LogP contribution in [0.15, 0.2) is 12.1 Å². The van der Waals surface area contributed by atoms with Crippen molar-refractivity contribution in [2.24, 2.45) is 0 Å². The quantitative estimate of drug-likeness (QED) is 0.734. The Morgan fingerprint density at radius 1 is 1.27 bits per heavy atom. The summed E-state index contributed by atoms with van der Waals surface area (Å²) in [7, 11) is 0. The molecule has 1 aliphatic heterocycles. The molecule has 0 fully saturated rings. The number of hydrogen-bond donors (Lipinski definition) is 1. The van der Waals surface area contributed by atoms with E-state index < -0.39 is 5.60 Å². The van der Waals surface area contributed by atoms with Gasteiger partial charge in [-0.15, -0.1) is 0 Å². The molecular weight excluding hydrogens is 276 g/mol. The Bertz CT molecular complexity index is 546. The van der Waals surface area contributed by atoms with Gasteiger partial charge in [0.15, 0.2) is 5.78 Å². The first-order valence-electron chi connectivity index (χ1n) is 8.43. The van der Waals surface area contributed by atoms with Gasteiger partial charge in [0.1, 0.15) is 22.7 Å². The van der Waals surface area contributed by atoms with Gasteiger partial charge in [-0.3, -0.25) is 4.79 Å². The van der Waals surface area contributed by atoms with Crippen molar-refractivity contribution in [1.29, 1.82) is 0 Å². The van der Waals surface area contributed by atoms with E-state index in [1.54, 1.807) is 6.07 Å². The fourth-order valence-corrected chi connectivity index (χ4v) is 3.12. The first-order chi connectivity index (χ1) is 10.3. The van der Waals surface area contributed by atoms with E-state index in [0.29, 0.717) is 23.7 Å². The molecule has 0 spiro atoms. The van der Waals surface area contributed by atoms with Crippen molar-refractivity contribution in [3.63, 3.8) is 0 Å². The van der Waals surface area contributed by atoms with Crippen molar-refractivity contribution in [3.05, 3.63) is 23.3 Å². The SMILES string of the molecule is CCCCCCC(C)c1cc(O)c2c(c1)OC(C)(C)CC2=O. The van der Waals surface area contributed by atoms with Gasteiger partial charge in [-0.2, -0.15) is 0 Å². The van der Waals surface area contributed by atoms with Gasteiger partial charge < -0.3 is 9.84 Å². The Labute approximate surface area is 133 Å². The number of carbonyl (C=O) groups is 1. The molecule has 3 nitrogen and oxygen atoms in total. The molecule has 0 bridgehead atoms. The highest BCUT2D eigenvalue weighted by atomic mass is 16.5. The van der Waals surface area contributed by atoms with E-state index in [-0.39, 0.29) is 11.5 Å². The van der Waals surface area contributed by atoms with E-state index in [2.05, 4.69) is 13.8 Å². The van der Waals surface area contributed by atoms with E-state index in [1.807, 2.05) is 19.9 Å². The molecule has 0 aromatic heterocycles. The largest absolute Gasteiger partial charge is 0.507 e. The molecule has 1 unspecified atom stereocenters. The Morgan fingerprint density at radius 3 is 2.68 bits per heavy atom. The molecular formula is C19H28O3. The normalized spacial score (nSPS) is 17.7. The van der Waals surface area contributed by atoms with Crippen molar-refractivity contribution in [2.45, 2.75) is 77.7 Å². The van der Waals surface area contributed by atoms with Crippen LogP contribution in [-0.2, 0) is 0 Å². The Balaban J connectivity index is 2.18. The molecule has 122 valence electrons. The van der Waals surface area contributed by atoms with E-state index in [0.717, 1.165) is 12.0 Å². The number of rotatable bonds is 6. The average Bonchev–Trinajstić information content (AvgIpc) is 2.40. The number of phenolic OH excluding ortho intramolecular Hbond substituents is 1. The maximum absolute atomic E-state index is 12.2. The minimum Gasteiger partial charge on any atom is -0.507 e. The van der Waals surface area contributed by atoms with Crippen LogP contribution in [0.2, 0.25) is 0 Å². The van der Waals surface area contributed by atoms with Crippen LogP contribution in [0, 0.1) is 0 Å². The van der Waals surface area contributed by atoms with Crippen molar-refractivity contribution in [3.8, 4) is 11.5 Å². The summed E-state index contributed by atoms with van der Waals surface area (Å²) in [6.45, 7) is 8.20. The monoisotopic (exact) mass is 304 g/mol. The Hall–Kier alpha value is -1.51. The molecule has 0 saturated heterocycles. The lowest BCUT2D eigenvalue weighted by Gasteiger charge is -2.32. The zero-order valence-electron chi connectivity index (χ0n) is 14.2. The standard InChI is InChI=1S/C19H28O3/c1-5-6-7-8-9-13(2)14-10-15(20)18-16(21)12-19(3,4)22-17(18)11-14/h10-11,13,20H,5-9,12H2,1-4H3. The first kappa shape index (κ1) is 16.9. The van der Waals surface area contributed by atoms with E-state index in [1.165, 1.54) is 25.7 Å². The summed E-state index contributed by atoms with van der Waals surface area (Å²) in [5.74, 6) is 0.924. The minimum absolute atomic E-state index is 0.0362. The molecule has 0 saturated carbocycles. The van der Waals surface area contributed by atoms with Crippen molar-refractivity contribution < 1.29 is 14.6 Å². The topological polar surface area (TPSA) is 46.5 Å². The molecule has 2 rings (SSSR count). The summed E-state index contributed by atoms with van der Waals surface area (Å²) in [4.78, 5) is 12.2. The first-order valence-corrected chi connectivity index (χ1v) is 8.43. The fraction of sp³-hybridized carbons (Fsp3) is 0.632. The third-order valence-corrected chi connectivity index (χ3v) is 4.41. The van der Waals surface area contributed by atoms with Crippen LogP contribution >= 0.6 is 0 Å². The second kappa shape index (κ2) is 6.72. The molecule has 0 radical (unpaired) electrons. The van der Waals surface area contributed by atoms with E-state index in [4.69, 9.17) is 4.74 Å². The van der Waals surface area contributed by atoms with Crippen LogP contribution in [0.25, 0.3) is 0 Å². The molecule has 1 aromatic rings. The van der Waals surface area contributed by atoms with Crippen LogP contribution in [0.5, 0.6) is 11.5 Å². The van der Waals surface area contributed by atoms with Gasteiger partial charge in [0, 0.05) is 0 Å². The molecule has 22 heavy (non-hydrogen) atoms. The van der Waals surface area contributed by atoms with Gasteiger partial charge in [-0.1, -0.05) is 39.5 Å². The van der Waals surface area contributed by atoms with Crippen molar-refractivity contribution in [2.75, 3.05) is 0 Å². The summed E-state index contributed by atoms with van der Waals surface area (Å²) in [6, 6.07) is 3.68. The van der Waals surface area contributed by atoms with Gasteiger partial charge in [-0.25, -0.2) is 0 Å². The molecule has 1 heterocycles. The number of unbranched alkanes of at least 4 members (excludes halogenated alkanes) is 3. The lowest BCUT2D eigenvalue weighted by Crippen LogP contribution is -2.36. The maximum atomic E-state index is 12.2. The molecule has 1 atom stereocenters. The summed E-state index contributed by atoms with van der Waals surface area (Å²) < 4.78 is 5.92. The summed E-state index contributed by atoms with van der Waals surface area (Å²) >= 11 is 0. The maximum Gasteiger partial charge on any atom is 0.174 e. The summed E-state index contributed by atoms with van der Waals surface area (Å²) in [6.07, 6.45) is 6.35. The predicted molar refractivity (Wildman–Crippen MR) is 88.9 cm³/mol. The van der Waals surface area contributed by atoms with Gasteiger partial charge in [0.2, 0.25) is 0 Å². The number of benzene rings is 1. The van der Waals surface area contributed by atoms with Crippen molar-refractivity contribution in [1.82, 2.24) is 0 Å². The number of fused-ring (bicyclic) bond motifs is 1. The summed E-state index contributed by atoms with van der Waals surface area (Å²) in [5, 5.41) is 10.2. The highest BCUT2D eigenvalue weighted by Gasteiger charge is 2.34. The average molecular weight is 304 g/mol. The molecule has 0 amide bonds. The Kier molecular flexibility index (Phi) is 5.15. The number of Topliss-reactive ketones (excluding diaryl/α,β-unsaturated/α-hetero) is 1. The molecule has 1 N–H and O–H groups in total. The van der Waals surface area contributed by atoms with Crippen LogP contribution in [0.3, 0.4) is 0 Å². The fourth-order valence-electron chi connectivity index (χ4n) is 3.12. The number of ketones is 1.